The van der Waals surface area contributed by atoms with E-state index in [4.69, 9.17) is 0 Å². The number of anilines is 5. The predicted octanol–water partition coefficient (Wildman–Crippen LogP) is 7.25. The van der Waals surface area contributed by atoms with Crippen LogP contribution in [-0.4, -0.2) is 10.9 Å². The van der Waals surface area contributed by atoms with Crippen LogP contribution < -0.4 is 16.0 Å². The van der Waals surface area contributed by atoms with E-state index in [1.165, 1.54) is 24.3 Å². The summed E-state index contributed by atoms with van der Waals surface area (Å²) in [7, 11) is 0. The molecule has 0 bridgehead atoms. The molecular weight excluding hydrogens is 446 g/mol. The van der Waals surface area contributed by atoms with Gasteiger partial charge in [0.05, 0.1) is 5.52 Å². The van der Waals surface area contributed by atoms with E-state index in [9.17, 15) is 13.6 Å². The predicted molar refractivity (Wildman–Crippen MR) is 136 cm³/mol. The van der Waals surface area contributed by atoms with Crippen LogP contribution in [0.15, 0.2) is 103 Å². The molecule has 0 spiro atoms. The van der Waals surface area contributed by atoms with Crippen LogP contribution in [-0.2, 0) is 0 Å². The second-order valence-electron chi connectivity index (χ2n) is 7.90. The number of carbonyl (C=O) groups excluding carboxylic acids is 1. The first-order chi connectivity index (χ1) is 17.0. The average Bonchev–Trinajstić information content (AvgIpc) is 2.85. The lowest BCUT2D eigenvalue weighted by Gasteiger charge is -2.12. The minimum Gasteiger partial charge on any atom is -0.355 e. The van der Waals surface area contributed by atoms with Crippen LogP contribution in [0.3, 0.4) is 0 Å². The summed E-state index contributed by atoms with van der Waals surface area (Å²) in [6.07, 6.45) is 1.63. The number of para-hydroxylation sites is 1. The van der Waals surface area contributed by atoms with Crippen molar-refractivity contribution in [2.24, 2.45) is 0 Å². The summed E-state index contributed by atoms with van der Waals surface area (Å²) in [5, 5.41) is 9.71. The summed E-state index contributed by atoms with van der Waals surface area (Å²) in [5.41, 5.74) is 3.96. The molecule has 1 amide bonds. The molecule has 0 saturated heterocycles. The highest BCUT2D eigenvalue weighted by atomic mass is 19.1. The van der Waals surface area contributed by atoms with Crippen molar-refractivity contribution in [3.63, 3.8) is 0 Å². The first-order valence-corrected chi connectivity index (χ1v) is 10.9. The molecule has 7 heteroatoms. The zero-order valence-corrected chi connectivity index (χ0v) is 18.4. The largest absolute Gasteiger partial charge is 0.355 e. The van der Waals surface area contributed by atoms with E-state index < -0.39 is 11.7 Å². The van der Waals surface area contributed by atoms with Gasteiger partial charge in [0.15, 0.2) is 0 Å². The molecule has 5 rings (SSSR count). The quantitative estimate of drug-likeness (QED) is 0.247. The average molecular weight is 466 g/mol. The summed E-state index contributed by atoms with van der Waals surface area (Å²) in [5.74, 6) is -1.23. The summed E-state index contributed by atoms with van der Waals surface area (Å²) >= 11 is 0. The molecule has 35 heavy (non-hydrogen) atoms. The van der Waals surface area contributed by atoms with Gasteiger partial charge >= 0.3 is 0 Å². The normalized spacial score (nSPS) is 10.7. The van der Waals surface area contributed by atoms with Crippen LogP contribution >= 0.6 is 0 Å². The Labute approximate surface area is 200 Å². The summed E-state index contributed by atoms with van der Waals surface area (Å²) in [4.78, 5) is 17.2. The Morgan fingerprint density at radius 1 is 0.657 bits per heavy atom. The van der Waals surface area contributed by atoms with E-state index >= 15 is 0 Å². The third-order valence-corrected chi connectivity index (χ3v) is 5.33. The summed E-state index contributed by atoms with van der Waals surface area (Å²) < 4.78 is 28.0. The first kappa shape index (κ1) is 22.0. The van der Waals surface area contributed by atoms with Gasteiger partial charge in [-0.1, -0.05) is 24.3 Å². The lowest BCUT2D eigenvalue weighted by Crippen LogP contribution is -2.12. The van der Waals surface area contributed by atoms with Crippen molar-refractivity contribution in [2.45, 2.75) is 0 Å². The number of hydrogen-bond donors (Lipinski definition) is 3. The van der Waals surface area contributed by atoms with Gasteiger partial charge in [-0.2, -0.15) is 0 Å². The number of nitrogens with zero attached hydrogens (tertiary/aromatic N) is 1. The number of pyridine rings is 1. The van der Waals surface area contributed by atoms with E-state index in [1.807, 2.05) is 30.3 Å². The van der Waals surface area contributed by atoms with Gasteiger partial charge in [0, 0.05) is 45.6 Å². The second kappa shape index (κ2) is 9.61. The van der Waals surface area contributed by atoms with Crippen LogP contribution in [0.4, 0.5) is 37.2 Å². The van der Waals surface area contributed by atoms with Gasteiger partial charge in [-0.05, 0) is 72.8 Å². The molecule has 0 saturated carbocycles. The Bertz CT molecular complexity index is 1520. The lowest BCUT2D eigenvalue weighted by atomic mass is 10.1. The Morgan fingerprint density at radius 3 is 2.31 bits per heavy atom. The van der Waals surface area contributed by atoms with Crippen LogP contribution in [0.1, 0.15) is 10.4 Å². The minimum absolute atomic E-state index is 0.322. The van der Waals surface area contributed by atoms with Gasteiger partial charge in [-0.15, -0.1) is 0 Å². The van der Waals surface area contributed by atoms with Crippen LogP contribution in [0, 0.1) is 11.6 Å². The third kappa shape index (κ3) is 5.25. The molecule has 0 fully saturated rings. The molecule has 0 atom stereocenters. The SMILES string of the molecule is O=C(Nc1cc(F)cc(Nc2ccccc2)c1)c1cccc(Nc2ccnc3ccc(F)cc23)c1. The maximum absolute atomic E-state index is 14.2. The fourth-order valence-corrected chi connectivity index (χ4v) is 3.75. The highest BCUT2D eigenvalue weighted by molar-refractivity contribution is 6.05. The van der Waals surface area contributed by atoms with Crippen molar-refractivity contribution in [2.75, 3.05) is 16.0 Å². The van der Waals surface area contributed by atoms with Crippen molar-refractivity contribution < 1.29 is 13.6 Å². The maximum Gasteiger partial charge on any atom is 0.255 e. The van der Waals surface area contributed by atoms with Gasteiger partial charge in [-0.25, -0.2) is 8.78 Å². The van der Waals surface area contributed by atoms with E-state index in [-0.39, 0.29) is 5.82 Å². The molecule has 5 nitrogen and oxygen atoms in total. The van der Waals surface area contributed by atoms with Gasteiger partial charge in [0.2, 0.25) is 0 Å². The fourth-order valence-electron chi connectivity index (χ4n) is 3.75. The van der Waals surface area contributed by atoms with Crippen LogP contribution in [0.25, 0.3) is 10.9 Å². The summed E-state index contributed by atoms with van der Waals surface area (Å²) in [6, 6.07) is 26.6. The van der Waals surface area contributed by atoms with Crippen molar-refractivity contribution in [3.8, 4) is 0 Å². The first-order valence-electron chi connectivity index (χ1n) is 10.9. The minimum atomic E-state index is -0.478. The van der Waals surface area contributed by atoms with Gasteiger partial charge in [0.25, 0.3) is 5.91 Å². The number of amides is 1. The number of carbonyl (C=O) groups is 1. The maximum atomic E-state index is 14.2. The Hall–Kier alpha value is -4.78. The van der Waals surface area contributed by atoms with Crippen molar-refractivity contribution in [3.05, 3.63) is 120 Å². The number of benzene rings is 4. The van der Waals surface area contributed by atoms with Crippen LogP contribution in [0.5, 0.6) is 0 Å². The molecule has 3 N–H and O–H groups in total. The van der Waals surface area contributed by atoms with Crippen molar-refractivity contribution in [1.29, 1.82) is 0 Å². The molecule has 0 unspecified atom stereocenters. The number of aromatic nitrogens is 1. The Kier molecular flexibility index (Phi) is 6.05. The monoisotopic (exact) mass is 466 g/mol. The van der Waals surface area contributed by atoms with Crippen LogP contribution in [0.2, 0.25) is 0 Å². The molecule has 0 aliphatic rings. The smallest absolute Gasteiger partial charge is 0.255 e. The topological polar surface area (TPSA) is 66.1 Å². The second-order valence-corrected chi connectivity index (χ2v) is 7.90. The Morgan fingerprint density at radius 2 is 1.46 bits per heavy atom. The highest BCUT2D eigenvalue weighted by Crippen LogP contribution is 2.27. The number of halogens is 2. The molecular formula is C28H20F2N4O. The third-order valence-electron chi connectivity index (χ3n) is 5.33. The number of nitrogens with one attached hydrogen (secondary N) is 3. The fraction of sp³-hybridized carbons (Fsp3) is 0. The van der Waals surface area contributed by atoms with E-state index in [0.717, 1.165) is 5.69 Å². The molecule has 1 aromatic heterocycles. The van der Waals surface area contributed by atoms with E-state index in [0.29, 0.717) is 39.2 Å². The van der Waals surface area contributed by atoms with Gasteiger partial charge < -0.3 is 16.0 Å². The number of hydrogen-bond acceptors (Lipinski definition) is 4. The van der Waals surface area contributed by atoms with E-state index in [2.05, 4.69) is 20.9 Å². The number of fused-ring (bicyclic) bond motifs is 1. The lowest BCUT2D eigenvalue weighted by molar-refractivity contribution is 0.102. The summed E-state index contributed by atoms with van der Waals surface area (Å²) in [6.45, 7) is 0. The highest BCUT2D eigenvalue weighted by Gasteiger charge is 2.10. The van der Waals surface area contributed by atoms with Crippen molar-refractivity contribution in [1.82, 2.24) is 4.98 Å². The molecule has 172 valence electrons. The van der Waals surface area contributed by atoms with Gasteiger partial charge in [0.1, 0.15) is 11.6 Å². The zero-order valence-electron chi connectivity index (χ0n) is 18.4. The zero-order chi connectivity index (χ0) is 24.2. The molecule has 0 radical (unpaired) electrons. The van der Waals surface area contributed by atoms with E-state index in [1.54, 1.807) is 48.7 Å². The molecule has 5 aromatic rings. The Balaban J connectivity index is 1.35. The molecule has 0 aliphatic heterocycles. The van der Waals surface area contributed by atoms with Crippen molar-refractivity contribution >= 4 is 45.2 Å². The standard InChI is InChI=1S/C28H20F2N4O/c29-19-9-10-26-25(16-19)27(11-12-31-26)33-22-8-4-5-18(13-22)28(35)34-24-15-20(30)14-23(17-24)32-21-6-2-1-3-7-21/h1-17,32H,(H,31,33)(H,34,35). The van der Waals surface area contributed by atoms with Gasteiger partial charge in [-0.3, -0.25) is 9.78 Å². The number of rotatable bonds is 6. The molecule has 4 aromatic carbocycles. The molecule has 0 aliphatic carbocycles. The molecule has 1 heterocycles.